The number of hydrogen-bond donors (Lipinski definition) is 2. The zero-order valence-electron chi connectivity index (χ0n) is 15.1. The molecule has 140 valence electrons. The monoisotopic (exact) mass is 389 g/mol. The van der Waals surface area contributed by atoms with Crippen LogP contribution in [0.4, 0.5) is 0 Å². The van der Waals surface area contributed by atoms with E-state index in [-0.39, 0.29) is 18.2 Å². The van der Waals surface area contributed by atoms with E-state index in [0.29, 0.717) is 11.1 Å². The highest BCUT2D eigenvalue weighted by molar-refractivity contribution is 7.98. The predicted octanol–water partition coefficient (Wildman–Crippen LogP) is 4.26. The van der Waals surface area contributed by atoms with Crippen LogP contribution in [0, 0.1) is 0 Å². The number of phenolic OH excluding ortho intramolecular Hbond substituents is 1. The number of nitrogens with one attached hydrogen (secondary N) is 1. The van der Waals surface area contributed by atoms with Crippen molar-refractivity contribution in [3.8, 4) is 5.75 Å². The average Bonchev–Trinajstić information content (AvgIpc) is 3.15. The van der Waals surface area contributed by atoms with Crippen LogP contribution in [-0.2, 0) is 12.3 Å². The summed E-state index contributed by atoms with van der Waals surface area (Å²) in [5.41, 5.74) is 3.23. The summed E-state index contributed by atoms with van der Waals surface area (Å²) in [6.07, 6.45) is 4.02. The number of aromatic hydroxyl groups is 1. The minimum absolute atomic E-state index is 0.167. The smallest absolute Gasteiger partial charge is 0.251 e. The Morgan fingerprint density at radius 3 is 2.61 bits per heavy atom. The molecule has 0 bridgehead atoms. The number of para-hydroxylation sites is 1. The quantitative estimate of drug-likeness (QED) is 0.484. The number of nitrogens with zero attached hydrogens (tertiary/aromatic N) is 2. The van der Waals surface area contributed by atoms with Crippen molar-refractivity contribution < 1.29 is 9.90 Å². The number of phenols is 1. The van der Waals surface area contributed by atoms with Crippen molar-refractivity contribution in [1.29, 1.82) is 0 Å². The molecule has 0 aliphatic carbocycles. The Balaban J connectivity index is 1.34. The minimum atomic E-state index is -0.167. The van der Waals surface area contributed by atoms with Crippen LogP contribution >= 0.6 is 11.8 Å². The third kappa shape index (κ3) is 4.18. The summed E-state index contributed by atoms with van der Waals surface area (Å²) in [5, 5.41) is 12.6. The number of imidazole rings is 1. The van der Waals surface area contributed by atoms with E-state index in [0.717, 1.165) is 22.0 Å². The molecule has 0 aliphatic rings. The lowest BCUT2D eigenvalue weighted by molar-refractivity contribution is 0.0950. The van der Waals surface area contributed by atoms with Crippen molar-refractivity contribution in [2.75, 3.05) is 0 Å². The van der Waals surface area contributed by atoms with Crippen LogP contribution in [0.2, 0.25) is 0 Å². The van der Waals surface area contributed by atoms with E-state index in [1.165, 1.54) is 0 Å². The second-order valence-corrected chi connectivity index (χ2v) is 7.37. The standard InChI is InChI=1S/C22H19N3O2S/c26-20-6-2-1-5-17(20)13-23-22(27)16-8-10-19(11-9-16)28-15-18-14-25-12-4-3-7-21(25)24-18/h1-12,14,26H,13,15H2,(H,23,27). The van der Waals surface area contributed by atoms with Gasteiger partial charge in [-0.3, -0.25) is 4.79 Å². The van der Waals surface area contributed by atoms with Crippen LogP contribution in [0.15, 0.2) is 84.0 Å². The number of amides is 1. The third-order valence-electron chi connectivity index (χ3n) is 4.35. The van der Waals surface area contributed by atoms with E-state index in [1.807, 2.05) is 65.3 Å². The van der Waals surface area contributed by atoms with Crippen LogP contribution in [0.5, 0.6) is 5.75 Å². The van der Waals surface area contributed by atoms with Crippen molar-refractivity contribution in [2.45, 2.75) is 17.2 Å². The average molecular weight is 389 g/mol. The number of carbonyl (C=O) groups excluding carboxylic acids is 1. The predicted molar refractivity (Wildman–Crippen MR) is 110 cm³/mol. The normalized spacial score (nSPS) is 10.9. The number of aromatic nitrogens is 2. The molecule has 0 saturated heterocycles. The van der Waals surface area contributed by atoms with Crippen LogP contribution in [0.25, 0.3) is 5.65 Å². The number of benzene rings is 2. The summed E-state index contributed by atoms with van der Waals surface area (Å²) < 4.78 is 2.01. The molecule has 0 radical (unpaired) electrons. The Bertz CT molecular complexity index is 1070. The van der Waals surface area contributed by atoms with Crippen LogP contribution in [-0.4, -0.2) is 20.4 Å². The molecule has 0 aliphatic heterocycles. The highest BCUT2D eigenvalue weighted by atomic mass is 32.2. The lowest BCUT2D eigenvalue weighted by Crippen LogP contribution is -2.22. The molecule has 4 aromatic rings. The molecule has 28 heavy (non-hydrogen) atoms. The molecular formula is C22H19N3O2S. The second-order valence-electron chi connectivity index (χ2n) is 6.32. The van der Waals surface area contributed by atoms with Gasteiger partial charge in [-0.25, -0.2) is 4.98 Å². The molecule has 6 heteroatoms. The van der Waals surface area contributed by atoms with E-state index >= 15 is 0 Å². The highest BCUT2D eigenvalue weighted by Gasteiger charge is 2.08. The highest BCUT2D eigenvalue weighted by Crippen LogP contribution is 2.23. The first kappa shape index (κ1) is 18.1. The summed E-state index contributed by atoms with van der Waals surface area (Å²) >= 11 is 1.68. The summed E-state index contributed by atoms with van der Waals surface area (Å²) in [6.45, 7) is 0.288. The summed E-state index contributed by atoms with van der Waals surface area (Å²) in [4.78, 5) is 18.0. The Morgan fingerprint density at radius 2 is 1.82 bits per heavy atom. The summed E-state index contributed by atoms with van der Waals surface area (Å²) in [5.74, 6) is 0.780. The zero-order valence-corrected chi connectivity index (χ0v) is 15.9. The molecular weight excluding hydrogens is 370 g/mol. The van der Waals surface area contributed by atoms with E-state index < -0.39 is 0 Å². The number of hydrogen-bond acceptors (Lipinski definition) is 4. The Hall–Kier alpha value is -3.25. The minimum Gasteiger partial charge on any atom is -0.508 e. The van der Waals surface area contributed by atoms with Gasteiger partial charge >= 0.3 is 0 Å². The molecule has 2 heterocycles. The second kappa shape index (κ2) is 8.19. The third-order valence-corrected chi connectivity index (χ3v) is 5.39. The molecule has 2 N–H and O–H groups in total. The van der Waals surface area contributed by atoms with Gasteiger partial charge in [-0.05, 0) is 42.5 Å². The van der Waals surface area contributed by atoms with Gasteiger partial charge in [0.05, 0.1) is 5.69 Å². The van der Waals surface area contributed by atoms with Gasteiger partial charge in [0.25, 0.3) is 5.91 Å². The fourth-order valence-corrected chi connectivity index (χ4v) is 3.64. The Morgan fingerprint density at radius 1 is 1.04 bits per heavy atom. The van der Waals surface area contributed by atoms with E-state index in [1.54, 1.807) is 30.0 Å². The van der Waals surface area contributed by atoms with Crippen LogP contribution in [0.1, 0.15) is 21.6 Å². The molecule has 2 aromatic heterocycles. The maximum Gasteiger partial charge on any atom is 0.251 e. The van der Waals surface area contributed by atoms with Crippen LogP contribution < -0.4 is 5.32 Å². The van der Waals surface area contributed by atoms with Crippen molar-refractivity contribution >= 4 is 23.3 Å². The first-order chi connectivity index (χ1) is 13.7. The lowest BCUT2D eigenvalue weighted by Gasteiger charge is -2.07. The summed E-state index contributed by atoms with van der Waals surface area (Å²) in [7, 11) is 0. The molecule has 4 rings (SSSR count). The van der Waals surface area contributed by atoms with Gasteiger partial charge in [-0.15, -0.1) is 11.8 Å². The molecule has 0 spiro atoms. The van der Waals surface area contributed by atoms with Crippen molar-refractivity contribution in [2.24, 2.45) is 0 Å². The first-order valence-corrected chi connectivity index (χ1v) is 9.88. The van der Waals surface area contributed by atoms with Gasteiger partial charge in [-0.2, -0.15) is 0 Å². The fraction of sp³-hybridized carbons (Fsp3) is 0.0909. The van der Waals surface area contributed by atoms with Gasteiger partial charge < -0.3 is 14.8 Å². The van der Waals surface area contributed by atoms with E-state index in [2.05, 4.69) is 10.3 Å². The van der Waals surface area contributed by atoms with Gasteiger partial charge in [0, 0.05) is 40.7 Å². The molecule has 0 fully saturated rings. The van der Waals surface area contributed by atoms with E-state index in [4.69, 9.17) is 0 Å². The van der Waals surface area contributed by atoms with Gasteiger partial charge in [0.15, 0.2) is 0 Å². The molecule has 0 saturated carbocycles. The number of rotatable bonds is 6. The zero-order chi connectivity index (χ0) is 19.3. The maximum absolute atomic E-state index is 12.3. The largest absolute Gasteiger partial charge is 0.508 e. The van der Waals surface area contributed by atoms with Gasteiger partial charge in [-0.1, -0.05) is 24.3 Å². The van der Waals surface area contributed by atoms with Crippen molar-refractivity contribution in [1.82, 2.24) is 14.7 Å². The number of carbonyl (C=O) groups is 1. The summed E-state index contributed by atoms with van der Waals surface area (Å²) in [6, 6.07) is 20.4. The number of pyridine rings is 1. The fourth-order valence-electron chi connectivity index (χ4n) is 2.85. The lowest BCUT2D eigenvalue weighted by atomic mass is 10.2. The molecule has 1 amide bonds. The Labute approximate surface area is 167 Å². The number of fused-ring (bicyclic) bond motifs is 1. The Kier molecular flexibility index (Phi) is 5.30. The molecule has 2 aromatic carbocycles. The van der Waals surface area contributed by atoms with Gasteiger partial charge in [0.2, 0.25) is 0 Å². The maximum atomic E-state index is 12.3. The molecule has 0 atom stereocenters. The first-order valence-electron chi connectivity index (χ1n) is 8.89. The van der Waals surface area contributed by atoms with E-state index in [9.17, 15) is 9.90 Å². The van der Waals surface area contributed by atoms with Crippen LogP contribution in [0.3, 0.4) is 0 Å². The van der Waals surface area contributed by atoms with Gasteiger partial charge in [0.1, 0.15) is 11.4 Å². The molecule has 5 nitrogen and oxygen atoms in total. The SMILES string of the molecule is O=C(NCc1ccccc1O)c1ccc(SCc2cn3ccccc3n2)cc1. The van der Waals surface area contributed by atoms with Crippen molar-refractivity contribution in [3.05, 3.63) is 95.9 Å². The number of thioether (sulfide) groups is 1. The van der Waals surface area contributed by atoms with Crippen molar-refractivity contribution in [3.63, 3.8) is 0 Å². The molecule has 0 unspecified atom stereocenters. The topological polar surface area (TPSA) is 66.6 Å².